The van der Waals surface area contributed by atoms with Crippen LogP contribution in [0.15, 0.2) is 6.33 Å². The molecule has 0 bridgehead atoms. The van der Waals surface area contributed by atoms with Crippen LogP contribution < -0.4 is 14.8 Å². The first kappa shape index (κ1) is 14.7. The van der Waals surface area contributed by atoms with E-state index < -0.39 is 17.8 Å². The van der Waals surface area contributed by atoms with Gasteiger partial charge in [0, 0.05) is 6.54 Å². The van der Waals surface area contributed by atoms with Crippen LogP contribution in [0.5, 0.6) is 11.8 Å². The summed E-state index contributed by atoms with van der Waals surface area (Å²) in [5, 5.41) is 11.2. The van der Waals surface area contributed by atoms with Gasteiger partial charge < -0.3 is 19.9 Å². The Morgan fingerprint density at radius 2 is 1.84 bits per heavy atom. The molecule has 0 saturated carbocycles. The third-order valence-electron chi connectivity index (χ3n) is 2.38. The van der Waals surface area contributed by atoms with Gasteiger partial charge in [0.05, 0.1) is 20.1 Å². The fraction of sp³-hybridized carbons (Fsp3) is 0.455. The molecule has 0 aliphatic carbocycles. The first-order chi connectivity index (χ1) is 9.01. The molecule has 0 fully saturated rings. The van der Waals surface area contributed by atoms with Crippen molar-refractivity contribution in [1.82, 2.24) is 15.3 Å². The monoisotopic (exact) mass is 269 g/mol. The number of aromatic nitrogens is 2. The van der Waals surface area contributed by atoms with Crippen LogP contribution >= 0.6 is 0 Å². The fourth-order valence-electron chi connectivity index (χ4n) is 1.28. The second-order valence-electron chi connectivity index (χ2n) is 3.72. The summed E-state index contributed by atoms with van der Waals surface area (Å²) in [5.41, 5.74) is 0.0325. The zero-order chi connectivity index (χ0) is 14.4. The van der Waals surface area contributed by atoms with Crippen LogP contribution in [-0.4, -0.2) is 47.7 Å². The van der Waals surface area contributed by atoms with Crippen LogP contribution in [0.25, 0.3) is 0 Å². The maximum Gasteiger partial charge on any atom is 0.308 e. The molecule has 1 rings (SSSR count). The molecule has 104 valence electrons. The van der Waals surface area contributed by atoms with Crippen LogP contribution in [0.2, 0.25) is 0 Å². The van der Waals surface area contributed by atoms with E-state index in [0.29, 0.717) is 0 Å². The largest absolute Gasteiger partial charge is 0.481 e. The van der Waals surface area contributed by atoms with Crippen LogP contribution in [0.4, 0.5) is 0 Å². The molecule has 8 nitrogen and oxygen atoms in total. The molecule has 0 spiro atoms. The van der Waals surface area contributed by atoms with Gasteiger partial charge in [0.1, 0.15) is 6.33 Å². The molecular formula is C11H15N3O5. The van der Waals surface area contributed by atoms with Crippen molar-refractivity contribution in [2.45, 2.75) is 6.92 Å². The lowest BCUT2D eigenvalue weighted by Gasteiger charge is -2.12. The number of carboxylic acid groups (broad SMARTS) is 1. The van der Waals surface area contributed by atoms with Crippen LogP contribution in [0.3, 0.4) is 0 Å². The Hall–Kier alpha value is -2.38. The van der Waals surface area contributed by atoms with Gasteiger partial charge in [-0.1, -0.05) is 6.92 Å². The summed E-state index contributed by atoms with van der Waals surface area (Å²) in [4.78, 5) is 30.3. The van der Waals surface area contributed by atoms with Crippen molar-refractivity contribution in [3.05, 3.63) is 11.9 Å². The van der Waals surface area contributed by atoms with E-state index in [-0.39, 0.29) is 23.9 Å². The summed E-state index contributed by atoms with van der Waals surface area (Å²) in [5.74, 6) is -2.13. The van der Waals surface area contributed by atoms with Crippen molar-refractivity contribution in [3.8, 4) is 11.8 Å². The molecular weight excluding hydrogens is 254 g/mol. The molecule has 19 heavy (non-hydrogen) atoms. The second-order valence-corrected chi connectivity index (χ2v) is 3.72. The molecule has 1 aromatic heterocycles. The Morgan fingerprint density at radius 3 is 2.26 bits per heavy atom. The highest BCUT2D eigenvalue weighted by Crippen LogP contribution is 2.22. The van der Waals surface area contributed by atoms with Crippen molar-refractivity contribution in [2.75, 3.05) is 20.8 Å². The minimum absolute atomic E-state index is 0.0185. The zero-order valence-corrected chi connectivity index (χ0v) is 10.8. The van der Waals surface area contributed by atoms with Gasteiger partial charge in [-0.3, -0.25) is 9.59 Å². The van der Waals surface area contributed by atoms with E-state index in [1.165, 1.54) is 27.5 Å². The van der Waals surface area contributed by atoms with Crippen molar-refractivity contribution in [2.24, 2.45) is 5.92 Å². The lowest BCUT2D eigenvalue weighted by atomic mass is 10.2. The minimum atomic E-state index is -0.997. The van der Waals surface area contributed by atoms with E-state index in [0.717, 1.165) is 0 Å². The lowest BCUT2D eigenvalue weighted by molar-refractivity contribution is -0.140. The highest BCUT2D eigenvalue weighted by molar-refractivity contribution is 5.98. The summed E-state index contributed by atoms with van der Waals surface area (Å²) in [6.07, 6.45) is 1.20. The predicted octanol–water partition coefficient (Wildman–Crippen LogP) is -0.0557. The number of methoxy groups -OCH3 is 2. The van der Waals surface area contributed by atoms with E-state index in [1.54, 1.807) is 0 Å². The predicted molar refractivity (Wildman–Crippen MR) is 64.3 cm³/mol. The Labute approximate surface area is 109 Å². The van der Waals surface area contributed by atoms with Gasteiger partial charge in [0.15, 0.2) is 5.56 Å². The molecule has 0 aliphatic heterocycles. The van der Waals surface area contributed by atoms with Gasteiger partial charge in [0.25, 0.3) is 5.91 Å². The van der Waals surface area contributed by atoms with Crippen molar-refractivity contribution in [1.29, 1.82) is 0 Å². The van der Waals surface area contributed by atoms with E-state index in [4.69, 9.17) is 14.6 Å². The second kappa shape index (κ2) is 6.53. The fourth-order valence-corrected chi connectivity index (χ4v) is 1.28. The first-order valence-electron chi connectivity index (χ1n) is 5.45. The summed E-state index contributed by atoms with van der Waals surface area (Å²) < 4.78 is 9.91. The number of carbonyl (C=O) groups excluding carboxylic acids is 1. The standard InChI is InChI=1S/C11H15N3O5/c1-6(11(16)17)4-12-8(15)7-9(18-2)13-5-14-10(7)19-3/h5-6H,4H2,1-3H3,(H,12,15)(H,16,17). The normalized spacial score (nSPS) is 11.5. The van der Waals surface area contributed by atoms with Gasteiger partial charge in [-0.25, -0.2) is 9.97 Å². The molecule has 0 radical (unpaired) electrons. The van der Waals surface area contributed by atoms with E-state index in [1.807, 2.05) is 0 Å². The third-order valence-corrected chi connectivity index (χ3v) is 2.38. The van der Waals surface area contributed by atoms with Gasteiger partial charge >= 0.3 is 5.97 Å². The van der Waals surface area contributed by atoms with E-state index in [9.17, 15) is 9.59 Å². The van der Waals surface area contributed by atoms with Gasteiger partial charge in [-0.2, -0.15) is 0 Å². The molecule has 8 heteroatoms. The van der Waals surface area contributed by atoms with Crippen LogP contribution in [0.1, 0.15) is 17.3 Å². The number of aliphatic carboxylic acids is 1. The number of nitrogens with zero attached hydrogens (tertiary/aromatic N) is 2. The maximum atomic E-state index is 12.0. The quantitative estimate of drug-likeness (QED) is 0.744. The Morgan fingerprint density at radius 1 is 1.32 bits per heavy atom. The topological polar surface area (TPSA) is 111 Å². The first-order valence-corrected chi connectivity index (χ1v) is 5.45. The maximum absolute atomic E-state index is 12.0. The summed E-state index contributed by atoms with van der Waals surface area (Å²) in [6, 6.07) is 0. The summed E-state index contributed by atoms with van der Waals surface area (Å²) in [6.45, 7) is 1.47. The number of amides is 1. The number of rotatable bonds is 6. The number of carbonyl (C=O) groups is 2. The average Bonchev–Trinajstić information content (AvgIpc) is 2.42. The molecule has 0 aliphatic rings. The van der Waals surface area contributed by atoms with Crippen molar-refractivity contribution >= 4 is 11.9 Å². The smallest absolute Gasteiger partial charge is 0.308 e. The average molecular weight is 269 g/mol. The van der Waals surface area contributed by atoms with Crippen molar-refractivity contribution < 1.29 is 24.2 Å². The number of hydrogen-bond acceptors (Lipinski definition) is 6. The zero-order valence-electron chi connectivity index (χ0n) is 10.8. The molecule has 0 aromatic carbocycles. The highest BCUT2D eigenvalue weighted by atomic mass is 16.5. The number of nitrogens with one attached hydrogen (secondary N) is 1. The van der Waals surface area contributed by atoms with E-state index in [2.05, 4.69) is 15.3 Å². The minimum Gasteiger partial charge on any atom is -0.481 e. The highest BCUT2D eigenvalue weighted by Gasteiger charge is 2.22. The molecule has 1 aromatic rings. The summed E-state index contributed by atoms with van der Waals surface area (Å²) in [7, 11) is 2.72. The molecule has 0 saturated heterocycles. The van der Waals surface area contributed by atoms with Gasteiger partial charge in [-0.05, 0) is 0 Å². The Kier molecular flexibility index (Phi) is 5.04. The number of hydrogen-bond donors (Lipinski definition) is 2. The van der Waals surface area contributed by atoms with Gasteiger partial charge in [0.2, 0.25) is 11.8 Å². The lowest BCUT2D eigenvalue weighted by Crippen LogP contribution is -2.32. The number of ether oxygens (including phenoxy) is 2. The summed E-state index contributed by atoms with van der Waals surface area (Å²) >= 11 is 0. The van der Waals surface area contributed by atoms with Crippen LogP contribution in [0, 0.1) is 5.92 Å². The Balaban J connectivity index is 2.89. The third kappa shape index (κ3) is 3.54. The molecule has 1 amide bonds. The van der Waals surface area contributed by atoms with E-state index >= 15 is 0 Å². The SMILES string of the molecule is COc1ncnc(OC)c1C(=O)NCC(C)C(=O)O. The molecule has 1 atom stereocenters. The Bertz CT molecular complexity index is 455. The molecule has 2 N–H and O–H groups in total. The van der Waals surface area contributed by atoms with Crippen LogP contribution in [-0.2, 0) is 4.79 Å². The van der Waals surface area contributed by atoms with Gasteiger partial charge in [-0.15, -0.1) is 0 Å². The number of carboxylic acids is 1. The molecule has 1 heterocycles. The van der Waals surface area contributed by atoms with Crippen molar-refractivity contribution in [3.63, 3.8) is 0 Å². The molecule has 1 unspecified atom stereocenters.